The van der Waals surface area contributed by atoms with Crippen molar-refractivity contribution in [3.8, 4) is 0 Å². The van der Waals surface area contributed by atoms with Gasteiger partial charge in [-0.05, 0) is 6.08 Å². The maximum absolute atomic E-state index is 8.31. The molecule has 0 rings (SSSR count). The summed E-state index contributed by atoms with van der Waals surface area (Å²) >= 11 is 3.07. The van der Waals surface area contributed by atoms with Crippen molar-refractivity contribution in [1.82, 2.24) is 5.32 Å². The first-order valence-corrected chi connectivity index (χ1v) is 3.64. The first-order valence-electron chi connectivity index (χ1n) is 2.73. The van der Waals surface area contributed by atoms with Crippen LogP contribution in [-0.4, -0.2) is 24.8 Å². The molecule has 3 heteroatoms. The summed E-state index contributed by atoms with van der Waals surface area (Å²) in [6.07, 6.45) is 1.84. The van der Waals surface area contributed by atoms with E-state index in [2.05, 4.69) is 27.0 Å². The number of nitrogens with one attached hydrogen (secondary N) is 1. The fourth-order valence-electron chi connectivity index (χ4n) is 0.357. The highest BCUT2D eigenvalue weighted by Gasteiger charge is 1.75. The van der Waals surface area contributed by atoms with Gasteiger partial charge in [-0.3, -0.25) is 0 Å². The summed E-state index contributed by atoms with van der Waals surface area (Å²) in [6, 6.07) is 0. The minimum atomic E-state index is 0.186. The Bertz CT molecular complexity index is 108. The van der Waals surface area contributed by atoms with E-state index in [4.69, 9.17) is 5.11 Å². The summed E-state index contributed by atoms with van der Waals surface area (Å²) < 4.78 is 0. The van der Waals surface area contributed by atoms with Crippen molar-refractivity contribution in [1.29, 1.82) is 0 Å². The Morgan fingerprint density at radius 3 is 3.00 bits per heavy atom. The van der Waals surface area contributed by atoms with Crippen molar-refractivity contribution in [2.75, 3.05) is 19.7 Å². The first kappa shape index (κ1) is 8.92. The molecule has 0 unspecified atom stereocenters. The van der Waals surface area contributed by atoms with E-state index < -0.39 is 0 Å². The minimum Gasteiger partial charge on any atom is -0.395 e. The van der Waals surface area contributed by atoms with Crippen LogP contribution in [0.25, 0.3) is 0 Å². The number of rotatable bonds is 4. The Balaban J connectivity index is 3.00. The van der Waals surface area contributed by atoms with Crippen LogP contribution >= 0.6 is 15.9 Å². The average molecular weight is 192 g/mol. The van der Waals surface area contributed by atoms with Gasteiger partial charge in [-0.25, -0.2) is 0 Å². The Kier molecular flexibility index (Phi) is 7.85. The van der Waals surface area contributed by atoms with Crippen LogP contribution in [0.2, 0.25) is 0 Å². The van der Waals surface area contributed by atoms with E-state index in [0.717, 1.165) is 6.54 Å². The molecular formula is C6H10BrNO. The van der Waals surface area contributed by atoms with E-state index in [1.165, 1.54) is 0 Å². The van der Waals surface area contributed by atoms with Crippen molar-refractivity contribution in [3.63, 3.8) is 0 Å². The van der Waals surface area contributed by atoms with Crippen molar-refractivity contribution in [2.45, 2.75) is 0 Å². The van der Waals surface area contributed by atoms with Gasteiger partial charge in [0.1, 0.15) is 0 Å². The maximum atomic E-state index is 8.31. The van der Waals surface area contributed by atoms with Crippen LogP contribution in [-0.2, 0) is 0 Å². The van der Waals surface area contributed by atoms with Gasteiger partial charge in [0.2, 0.25) is 0 Å². The zero-order chi connectivity index (χ0) is 6.95. The van der Waals surface area contributed by atoms with Crippen molar-refractivity contribution in [3.05, 3.63) is 16.8 Å². The molecule has 0 aliphatic rings. The molecule has 0 bridgehead atoms. The van der Waals surface area contributed by atoms with Gasteiger partial charge in [-0.2, -0.15) is 0 Å². The molecule has 0 saturated heterocycles. The molecule has 0 aromatic heterocycles. The lowest BCUT2D eigenvalue weighted by Crippen LogP contribution is -2.17. The second-order valence-corrected chi connectivity index (χ2v) is 1.87. The summed E-state index contributed by atoms with van der Waals surface area (Å²) in [5, 5.41) is 11.3. The number of aliphatic hydroxyl groups is 1. The number of hydrogen-bond acceptors (Lipinski definition) is 2. The average Bonchev–Trinajstić information content (AvgIpc) is 1.89. The van der Waals surface area contributed by atoms with Crippen LogP contribution in [0.3, 0.4) is 0 Å². The standard InChI is InChI=1S/C6H10BrNO/c7-3-1-2-4-8-5-6-9/h2-3,8-9H,4-6H2. The molecule has 0 atom stereocenters. The Hall–Kier alpha value is -0.0800. The van der Waals surface area contributed by atoms with Gasteiger partial charge in [0.15, 0.2) is 0 Å². The summed E-state index contributed by atoms with van der Waals surface area (Å²) in [7, 11) is 0. The fourth-order valence-corrected chi connectivity index (χ4v) is 0.544. The molecule has 52 valence electrons. The van der Waals surface area contributed by atoms with Crippen LogP contribution < -0.4 is 5.32 Å². The predicted octanol–water partition coefficient (Wildman–Crippen LogP) is 0.632. The molecule has 0 aromatic carbocycles. The van der Waals surface area contributed by atoms with Gasteiger partial charge < -0.3 is 10.4 Å². The molecule has 0 amide bonds. The Morgan fingerprint density at radius 1 is 1.67 bits per heavy atom. The summed E-state index contributed by atoms with van der Waals surface area (Å²) in [5.74, 6) is 0. The second-order valence-electron chi connectivity index (χ2n) is 1.41. The highest BCUT2D eigenvalue weighted by molar-refractivity contribution is 9.11. The van der Waals surface area contributed by atoms with Crippen LogP contribution in [0.15, 0.2) is 16.8 Å². The molecule has 0 radical (unpaired) electrons. The number of aliphatic hydroxyl groups excluding tert-OH is 1. The second kappa shape index (κ2) is 7.92. The SMILES string of the molecule is OCCNCC=C=CBr. The first-order chi connectivity index (χ1) is 4.41. The highest BCUT2D eigenvalue weighted by atomic mass is 79.9. The van der Waals surface area contributed by atoms with Crippen LogP contribution in [0.4, 0.5) is 0 Å². The molecular weight excluding hydrogens is 182 g/mol. The summed E-state index contributed by atoms with van der Waals surface area (Å²) in [6.45, 7) is 1.58. The van der Waals surface area contributed by atoms with E-state index in [1.54, 1.807) is 4.99 Å². The number of halogens is 1. The maximum Gasteiger partial charge on any atom is 0.0556 e. The lowest BCUT2D eigenvalue weighted by molar-refractivity contribution is 0.294. The lowest BCUT2D eigenvalue weighted by Gasteiger charge is -1.92. The fraction of sp³-hybridized carbons (Fsp3) is 0.500. The van der Waals surface area contributed by atoms with Gasteiger partial charge in [0.25, 0.3) is 0 Å². The molecule has 9 heavy (non-hydrogen) atoms. The monoisotopic (exact) mass is 191 g/mol. The molecule has 0 spiro atoms. The topological polar surface area (TPSA) is 32.3 Å². The van der Waals surface area contributed by atoms with E-state index in [1.807, 2.05) is 6.08 Å². The molecule has 2 N–H and O–H groups in total. The van der Waals surface area contributed by atoms with Crippen molar-refractivity contribution in [2.24, 2.45) is 0 Å². The summed E-state index contributed by atoms with van der Waals surface area (Å²) in [5.41, 5.74) is 2.83. The molecule has 0 aliphatic heterocycles. The van der Waals surface area contributed by atoms with Crippen molar-refractivity contribution >= 4 is 15.9 Å². The third kappa shape index (κ3) is 7.92. The van der Waals surface area contributed by atoms with Gasteiger partial charge in [0, 0.05) is 18.1 Å². The molecule has 0 aromatic rings. The molecule has 0 aliphatic carbocycles. The number of hydrogen-bond donors (Lipinski definition) is 2. The quantitative estimate of drug-likeness (QED) is 0.505. The van der Waals surface area contributed by atoms with E-state index in [9.17, 15) is 0 Å². The zero-order valence-electron chi connectivity index (χ0n) is 5.10. The van der Waals surface area contributed by atoms with Crippen LogP contribution in [0, 0.1) is 0 Å². The van der Waals surface area contributed by atoms with Gasteiger partial charge in [0.05, 0.1) is 6.61 Å². The van der Waals surface area contributed by atoms with Crippen LogP contribution in [0.5, 0.6) is 0 Å². The Labute approximate surface area is 63.4 Å². The van der Waals surface area contributed by atoms with E-state index in [0.29, 0.717) is 6.54 Å². The van der Waals surface area contributed by atoms with Crippen LogP contribution in [0.1, 0.15) is 0 Å². The third-order valence-electron chi connectivity index (χ3n) is 0.716. The zero-order valence-corrected chi connectivity index (χ0v) is 6.69. The highest BCUT2D eigenvalue weighted by Crippen LogP contribution is 1.75. The third-order valence-corrected chi connectivity index (χ3v) is 0.980. The predicted molar refractivity (Wildman–Crippen MR) is 41.5 cm³/mol. The normalized spacial score (nSPS) is 8.22. The summed E-state index contributed by atoms with van der Waals surface area (Å²) in [4.78, 5) is 1.66. The Morgan fingerprint density at radius 2 is 2.44 bits per heavy atom. The van der Waals surface area contributed by atoms with Crippen molar-refractivity contribution < 1.29 is 5.11 Å². The molecule has 0 fully saturated rings. The largest absolute Gasteiger partial charge is 0.395 e. The van der Waals surface area contributed by atoms with E-state index >= 15 is 0 Å². The lowest BCUT2D eigenvalue weighted by atomic mass is 10.5. The molecule has 2 nitrogen and oxygen atoms in total. The van der Waals surface area contributed by atoms with Gasteiger partial charge in [-0.15, -0.1) is 5.73 Å². The van der Waals surface area contributed by atoms with Gasteiger partial charge in [-0.1, -0.05) is 15.9 Å². The van der Waals surface area contributed by atoms with Gasteiger partial charge >= 0.3 is 0 Å². The minimum absolute atomic E-state index is 0.186. The molecule has 0 saturated carbocycles. The smallest absolute Gasteiger partial charge is 0.0556 e. The van der Waals surface area contributed by atoms with E-state index in [-0.39, 0.29) is 6.61 Å². The molecule has 0 heterocycles.